The van der Waals surface area contributed by atoms with Gasteiger partial charge in [-0.15, -0.1) is 0 Å². The molecular weight excluding hydrogens is 416 g/mol. The van der Waals surface area contributed by atoms with Crippen LogP contribution in [0.15, 0.2) is 36.9 Å². The van der Waals surface area contributed by atoms with Gasteiger partial charge in [-0.05, 0) is 11.2 Å². The summed E-state index contributed by atoms with van der Waals surface area (Å²) in [5.41, 5.74) is -4.87. The molecule has 0 atom stereocenters. The van der Waals surface area contributed by atoms with Crippen LogP contribution in [0.3, 0.4) is 0 Å². The van der Waals surface area contributed by atoms with Crippen LogP contribution < -0.4 is 4.68 Å². The van der Waals surface area contributed by atoms with E-state index in [4.69, 9.17) is 22.0 Å². The smallest absolute Gasteiger partial charge is 0.485 e. The van der Waals surface area contributed by atoms with E-state index in [0.29, 0.717) is 5.82 Å². The first-order valence-corrected chi connectivity index (χ1v) is 9.91. The molecule has 0 spiro atoms. The standard InChI is InChI=1S/C11H14N4O3P.CHF3O3S/c1-17-19(16,18-2)9-15-7-4-10(8-14-15)11-12-5-3-6-13-11;2-1(3,4)8(5,6)7/h3-8H,9H2,1-2H3;(H,5,6,7)/q+1;/p-1. The molecule has 0 unspecified atom stereocenters. The number of rotatable bonds is 5. The highest BCUT2D eigenvalue weighted by atomic mass is 32.2. The number of halogens is 3. The van der Waals surface area contributed by atoms with Gasteiger partial charge in [-0.1, -0.05) is 4.68 Å². The highest BCUT2D eigenvalue weighted by Gasteiger charge is 2.36. The van der Waals surface area contributed by atoms with Gasteiger partial charge in [0.1, 0.15) is 6.20 Å². The number of hydrogen-bond donors (Lipinski definition) is 0. The Kier molecular flexibility index (Phi) is 7.92. The molecule has 2 aromatic heterocycles. The summed E-state index contributed by atoms with van der Waals surface area (Å²) in [5, 5.41) is 4.14. The molecule has 0 saturated carbocycles. The van der Waals surface area contributed by atoms with Crippen LogP contribution in [-0.4, -0.2) is 47.8 Å². The molecular formula is C12H14F3N4O6PS. The van der Waals surface area contributed by atoms with Gasteiger partial charge in [0.15, 0.2) is 22.1 Å². The molecule has 0 aliphatic rings. The zero-order valence-corrected chi connectivity index (χ0v) is 15.6. The summed E-state index contributed by atoms with van der Waals surface area (Å²) in [6.45, 7) is 0. The molecule has 0 amide bonds. The van der Waals surface area contributed by atoms with Crippen LogP contribution in [0.4, 0.5) is 13.2 Å². The molecule has 0 saturated heterocycles. The van der Waals surface area contributed by atoms with Crippen LogP contribution in [0.25, 0.3) is 11.4 Å². The van der Waals surface area contributed by atoms with E-state index in [9.17, 15) is 17.7 Å². The van der Waals surface area contributed by atoms with Gasteiger partial charge in [0.05, 0.1) is 0 Å². The summed E-state index contributed by atoms with van der Waals surface area (Å²) < 4.78 is 82.0. The topological polar surface area (TPSA) is 135 Å². The average Bonchev–Trinajstić information content (AvgIpc) is 2.62. The molecule has 0 aromatic carbocycles. The first-order chi connectivity index (χ1) is 12.4. The summed E-state index contributed by atoms with van der Waals surface area (Å²) in [5.74, 6) is 0.587. The van der Waals surface area contributed by atoms with Gasteiger partial charge in [0, 0.05) is 38.2 Å². The van der Waals surface area contributed by atoms with Gasteiger partial charge in [0.2, 0.25) is 0 Å². The predicted octanol–water partition coefficient (Wildman–Crippen LogP) is 1.32. The third kappa shape index (κ3) is 7.27. The second-order valence-corrected chi connectivity index (χ2v) is 8.15. The maximum Gasteiger partial charge on any atom is 0.485 e. The molecule has 0 fully saturated rings. The Morgan fingerprint density at radius 3 is 2.11 bits per heavy atom. The van der Waals surface area contributed by atoms with Crippen molar-refractivity contribution in [3.63, 3.8) is 0 Å². The Labute approximate surface area is 152 Å². The summed E-state index contributed by atoms with van der Waals surface area (Å²) in [7, 11) is -6.52. The van der Waals surface area contributed by atoms with Gasteiger partial charge in [-0.3, -0.25) is 4.57 Å². The zero-order valence-electron chi connectivity index (χ0n) is 13.9. The van der Waals surface area contributed by atoms with Gasteiger partial charge in [-0.2, -0.15) is 13.2 Å². The first-order valence-electron chi connectivity index (χ1n) is 6.78. The number of aromatic nitrogens is 4. The van der Waals surface area contributed by atoms with Gasteiger partial charge < -0.3 is 13.6 Å². The minimum atomic E-state index is -6.09. The predicted molar refractivity (Wildman–Crippen MR) is 82.8 cm³/mol. The zero-order chi connectivity index (χ0) is 20.7. The lowest BCUT2D eigenvalue weighted by molar-refractivity contribution is -0.738. The molecule has 0 aliphatic carbocycles. The second kappa shape index (κ2) is 9.28. The molecule has 0 radical (unpaired) electrons. The van der Waals surface area contributed by atoms with E-state index in [2.05, 4.69) is 15.1 Å². The summed E-state index contributed by atoms with van der Waals surface area (Å²) in [6, 6.07) is 3.53. The fourth-order valence-electron chi connectivity index (χ4n) is 1.42. The maximum absolute atomic E-state index is 11.9. The van der Waals surface area contributed by atoms with Crippen LogP contribution in [0.2, 0.25) is 0 Å². The van der Waals surface area contributed by atoms with Crippen LogP contribution in [0, 0.1) is 0 Å². The van der Waals surface area contributed by atoms with Crippen molar-refractivity contribution in [2.45, 2.75) is 11.8 Å². The number of hydrogen-bond acceptors (Lipinski definition) is 9. The monoisotopic (exact) mass is 430 g/mol. The second-order valence-electron chi connectivity index (χ2n) is 4.54. The van der Waals surface area contributed by atoms with E-state index < -0.39 is 23.2 Å². The quantitative estimate of drug-likeness (QED) is 0.298. The fourth-order valence-corrected chi connectivity index (χ4v) is 2.32. The molecule has 2 heterocycles. The van der Waals surface area contributed by atoms with E-state index in [-0.39, 0.29) is 6.29 Å². The largest absolute Gasteiger partial charge is 0.741 e. The van der Waals surface area contributed by atoms with Crippen molar-refractivity contribution in [2.75, 3.05) is 14.2 Å². The van der Waals surface area contributed by atoms with E-state index in [0.717, 1.165) is 5.56 Å². The summed E-state index contributed by atoms with van der Waals surface area (Å²) in [4.78, 5) is 8.24. The van der Waals surface area contributed by atoms with E-state index in [1.807, 2.05) is 0 Å². The van der Waals surface area contributed by atoms with Crippen LogP contribution in [0.1, 0.15) is 0 Å². The molecule has 0 aliphatic heterocycles. The highest BCUT2D eigenvalue weighted by Crippen LogP contribution is 2.46. The third-order valence-corrected chi connectivity index (χ3v) is 5.07. The van der Waals surface area contributed by atoms with Crippen molar-refractivity contribution in [1.29, 1.82) is 0 Å². The lowest BCUT2D eigenvalue weighted by Crippen LogP contribution is -2.37. The van der Waals surface area contributed by atoms with Gasteiger partial charge in [0.25, 0.3) is 6.29 Å². The molecule has 150 valence electrons. The molecule has 10 nitrogen and oxygen atoms in total. The molecule has 0 N–H and O–H groups in total. The third-order valence-electron chi connectivity index (χ3n) is 2.75. The van der Waals surface area contributed by atoms with Crippen molar-refractivity contribution < 1.29 is 44.4 Å². The van der Waals surface area contributed by atoms with Crippen molar-refractivity contribution in [3.05, 3.63) is 36.9 Å². The Morgan fingerprint density at radius 2 is 1.74 bits per heavy atom. The normalized spacial score (nSPS) is 12.2. The Balaban J connectivity index is 0.000000387. The maximum atomic E-state index is 11.9. The van der Waals surface area contributed by atoms with Gasteiger partial charge in [-0.25, -0.2) is 18.4 Å². The molecule has 2 rings (SSSR count). The number of alkyl halides is 3. The first kappa shape index (κ1) is 23.0. The minimum Gasteiger partial charge on any atom is -0.741 e. The Hall–Kier alpha value is -1.99. The van der Waals surface area contributed by atoms with Crippen molar-refractivity contribution in [2.24, 2.45) is 0 Å². The lowest BCUT2D eigenvalue weighted by Gasteiger charge is -2.08. The molecule has 15 heteroatoms. The fraction of sp³-hybridized carbons (Fsp3) is 0.333. The average molecular weight is 430 g/mol. The van der Waals surface area contributed by atoms with Crippen molar-refractivity contribution in [1.82, 2.24) is 15.1 Å². The number of nitrogens with zero attached hydrogens (tertiary/aromatic N) is 4. The van der Waals surface area contributed by atoms with Crippen LogP contribution in [0.5, 0.6) is 0 Å². The van der Waals surface area contributed by atoms with E-state index in [1.165, 1.54) is 18.9 Å². The summed E-state index contributed by atoms with van der Waals surface area (Å²) in [6.07, 6.45) is 6.65. The van der Waals surface area contributed by atoms with E-state index in [1.54, 1.807) is 36.9 Å². The molecule has 2 aromatic rings. The Bertz CT molecular complexity index is 872. The van der Waals surface area contributed by atoms with Gasteiger partial charge >= 0.3 is 13.1 Å². The Morgan fingerprint density at radius 1 is 1.22 bits per heavy atom. The lowest BCUT2D eigenvalue weighted by atomic mass is 10.3. The molecule has 27 heavy (non-hydrogen) atoms. The SMILES string of the molecule is COP(=O)(C[n+]1ccc(-c2ncccn2)cn1)OC.O=S(=O)([O-])C(F)(F)F. The van der Waals surface area contributed by atoms with Crippen molar-refractivity contribution >= 4 is 17.7 Å². The highest BCUT2D eigenvalue weighted by molar-refractivity contribution is 7.86. The van der Waals surface area contributed by atoms with E-state index >= 15 is 0 Å². The summed E-state index contributed by atoms with van der Waals surface area (Å²) >= 11 is 0. The van der Waals surface area contributed by atoms with Crippen LogP contribution in [-0.2, 0) is 30.0 Å². The van der Waals surface area contributed by atoms with Crippen LogP contribution >= 0.6 is 7.60 Å². The van der Waals surface area contributed by atoms with Crippen molar-refractivity contribution in [3.8, 4) is 11.4 Å². The molecule has 0 bridgehead atoms. The minimum absolute atomic E-state index is 0.0515.